The van der Waals surface area contributed by atoms with Crippen LogP contribution in [-0.2, 0) is 14.3 Å². The van der Waals surface area contributed by atoms with Crippen molar-refractivity contribution in [2.75, 3.05) is 13.2 Å². The molecule has 2 unspecified atom stereocenters. The summed E-state index contributed by atoms with van der Waals surface area (Å²) in [5, 5.41) is 64.6. The van der Waals surface area contributed by atoms with Gasteiger partial charge in [0.1, 0.15) is 30.5 Å². The normalized spacial score (nSPS) is 23.7. The molecule has 274 valence electrons. The Morgan fingerprint density at radius 1 is 0.674 bits per heavy atom. The second-order valence-corrected chi connectivity index (χ2v) is 13.5. The van der Waals surface area contributed by atoms with Gasteiger partial charge in [0.25, 0.3) is 0 Å². The van der Waals surface area contributed by atoms with Crippen LogP contribution in [0.1, 0.15) is 162 Å². The Morgan fingerprint density at radius 2 is 1.13 bits per heavy atom. The van der Waals surface area contributed by atoms with Crippen LogP contribution in [0.4, 0.5) is 0 Å². The van der Waals surface area contributed by atoms with E-state index in [0.717, 1.165) is 44.9 Å². The first-order valence-electron chi connectivity index (χ1n) is 18.8. The van der Waals surface area contributed by atoms with Crippen molar-refractivity contribution in [1.29, 1.82) is 0 Å². The molecule has 0 radical (unpaired) electrons. The summed E-state index contributed by atoms with van der Waals surface area (Å²) in [7, 11) is 0. The number of unbranched alkanes of at least 4 members (excludes halogenated alkanes) is 19. The Balaban J connectivity index is 2.50. The molecule has 0 aromatic heterocycles. The van der Waals surface area contributed by atoms with Crippen molar-refractivity contribution in [2.45, 2.75) is 210 Å². The van der Waals surface area contributed by atoms with E-state index in [0.29, 0.717) is 6.42 Å². The number of aliphatic hydroxyl groups is 6. The van der Waals surface area contributed by atoms with E-state index >= 15 is 0 Å². The van der Waals surface area contributed by atoms with Crippen LogP contribution in [0.3, 0.4) is 0 Å². The SMILES string of the molecule is CCCCCCCCCCCCCCC[C@@H](O)[C@@H](O)[C@H](CO[C@@H]1O[C@H](CO)[C@H](O)C(O)C1O)NC(=O)CCCCCCCCCC. The minimum Gasteiger partial charge on any atom is -0.394 e. The predicted octanol–water partition coefficient (Wildman–Crippen LogP) is 5.02. The molecule has 1 rings (SSSR count). The number of carbonyl (C=O) groups excluding carboxylic acids is 1. The molecular formula is C36H71NO9. The summed E-state index contributed by atoms with van der Waals surface area (Å²) in [5.74, 6) is -0.263. The maximum absolute atomic E-state index is 12.8. The van der Waals surface area contributed by atoms with E-state index in [1.165, 1.54) is 89.9 Å². The van der Waals surface area contributed by atoms with E-state index in [2.05, 4.69) is 19.2 Å². The number of rotatable bonds is 30. The second kappa shape index (κ2) is 28.0. The molecule has 10 heteroatoms. The van der Waals surface area contributed by atoms with E-state index in [9.17, 15) is 35.4 Å². The molecule has 0 aromatic carbocycles. The monoisotopic (exact) mass is 662 g/mol. The fourth-order valence-corrected chi connectivity index (χ4v) is 6.14. The highest BCUT2D eigenvalue weighted by atomic mass is 16.7. The van der Waals surface area contributed by atoms with E-state index in [1.54, 1.807) is 0 Å². The number of ether oxygens (including phenoxy) is 2. The summed E-state index contributed by atoms with van der Waals surface area (Å²) < 4.78 is 11.1. The highest BCUT2D eigenvalue weighted by Gasteiger charge is 2.44. The lowest BCUT2D eigenvalue weighted by Crippen LogP contribution is -2.60. The van der Waals surface area contributed by atoms with E-state index in [-0.39, 0.29) is 18.9 Å². The van der Waals surface area contributed by atoms with Gasteiger partial charge < -0.3 is 45.4 Å². The number of nitrogens with one attached hydrogen (secondary N) is 1. The molecule has 1 saturated heterocycles. The average molecular weight is 662 g/mol. The topological polar surface area (TPSA) is 169 Å². The summed E-state index contributed by atoms with van der Waals surface area (Å²) in [6.45, 7) is 3.54. The lowest BCUT2D eigenvalue weighted by molar-refractivity contribution is -0.303. The lowest BCUT2D eigenvalue weighted by atomic mass is 9.98. The van der Waals surface area contributed by atoms with Gasteiger partial charge in [-0.05, 0) is 12.8 Å². The summed E-state index contributed by atoms with van der Waals surface area (Å²) in [6.07, 6.45) is 15.6. The van der Waals surface area contributed by atoms with Crippen LogP contribution < -0.4 is 5.32 Å². The predicted molar refractivity (Wildman–Crippen MR) is 181 cm³/mol. The number of amides is 1. The van der Waals surface area contributed by atoms with E-state index < -0.39 is 55.6 Å². The lowest BCUT2D eigenvalue weighted by Gasteiger charge is -2.40. The number of aliphatic hydroxyl groups excluding tert-OH is 6. The van der Waals surface area contributed by atoms with Crippen molar-refractivity contribution < 1.29 is 44.9 Å². The number of hydrogen-bond donors (Lipinski definition) is 7. The smallest absolute Gasteiger partial charge is 0.220 e. The van der Waals surface area contributed by atoms with Crippen LogP contribution >= 0.6 is 0 Å². The molecule has 1 aliphatic heterocycles. The van der Waals surface area contributed by atoms with Gasteiger partial charge in [-0.25, -0.2) is 0 Å². The first kappa shape index (κ1) is 43.2. The molecular weight excluding hydrogens is 590 g/mol. The van der Waals surface area contributed by atoms with Crippen molar-refractivity contribution in [3.05, 3.63) is 0 Å². The molecule has 1 aliphatic rings. The van der Waals surface area contributed by atoms with Crippen molar-refractivity contribution >= 4 is 5.91 Å². The molecule has 7 N–H and O–H groups in total. The Morgan fingerprint density at radius 3 is 1.61 bits per heavy atom. The second-order valence-electron chi connectivity index (χ2n) is 13.5. The van der Waals surface area contributed by atoms with Crippen molar-refractivity contribution in [2.24, 2.45) is 0 Å². The first-order chi connectivity index (χ1) is 22.3. The fraction of sp³-hybridized carbons (Fsp3) is 0.972. The molecule has 8 atom stereocenters. The third kappa shape index (κ3) is 19.2. The molecule has 1 heterocycles. The maximum atomic E-state index is 12.8. The van der Waals surface area contributed by atoms with Crippen LogP contribution in [0.15, 0.2) is 0 Å². The minimum absolute atomic E-state index is 0.263. The molecule has 46 heavy (non-hydrogen) atoms. The van der Waals surface area contributed by atoms with Gasteiger partial charge in [0.05, 0.1) is 25.4 Å². The van der Waals surface area contributed by atoms with Gasteiger partial charge in [0.2, 0.25) is 5.91 Å². The average Bonchev–Trinajstić information content (AvgIpc) is 3.05. The highest BCUT2D eigenvalue weighted by molar-refractivity contribution is 5.76. The summed E-state index contributed by atoms with van der Waals surface area (Å²) in [5.41, 5.74) is 0. The van der Waals surface area contributed by atoms with Gasteiger partial charge in [0.15, 0.2) is 6.29 Å². The molecule has 0 aliphatic carbocycles. The number of hydrogen-bond acceptors (Lipinski definition) is 9. The van der Waals surface area contributed by atoms with E-state index in [1.807, 2.05) is 0 Å². The Hall–Kier alpha value is -0.850. The quantitative estimate of drug-likeness (QED) is 0.0523. The van der Waals surface area contributed by atoms with Gasteiger partial charge in [-0.3, -0.25) is 4.79 Å². The van der Waals surface area contributed by atoms with Crippen LogP contribution in [-0.4, -0.2) is 98.7 Å². The zero-order valence-corrected chi connectivity index (χ0v) is 29.2. The largest absolute Gasteiger partial charge is 0.394 e. The Kier molecular flexibility index (Phi) is 26.3. The highest BCUT2D eigenvalue weighted by Crippen LogP contribution is 2.23. The molecule has 1 amide bonds. The fourth-order valence-electron chi connectivity index (χ4n) is 6.14. The van der Waals surface area contributed by atoms with Crippen molar-refractivity contribution in [1.82, 2.24) is 5.32 Å². The zero-order valence-electron chi connectivity index (χ0n) is 29.2. The number of carbonyl (C=O) groups is 1. The van der Waals surface area contributed by atoms with Crippen LogP contribution in [0.2, 0.25) is 0 Å². The van der Waals surface area contributed by atoms with Crippen molar-refractivity contribution in [3.8, 4) is 0 Å². The standard InChI is InChI=1S/C36H71NO9/c1-3-5-7-9-11-13-14-15-16-17-18-20-22-24-29(39)32(41)28(37-31(40)25-23-21-19-12-10-8-6-4-2)27-45-36-35(44)34(43)33(42)30(26-38)46-36/h28-30,32-36,38-39,41-44H,3-27H2,1-2H3,(H,37,40)/t28-,29+,30+,32-,33-,34?,35?,36+/m0/s1. The third-order valence-electron chi connectivity index (χ3n) is 9.30. The Labute approximate surface area is 279 Å². The van der Waals surface area contributed by atoms with Crippen LogP contribution in [0.25, 0.3) is 0 Å². The zero-order chi connectivity index (χ0) is 34.0. The molecule has 0 aromatic rings. The molecule has 1 fully saturated rings. The van der Waals surface area contributed by atoms with Gasteiger partial charge in [-0.1, -0.05) is 142 Å². The summed E-state index contributed by atoms with van der Waals surface area (Å²) >= 11 is 0. The van der Waals surface area contributed by atoms with Gasteiger partial charge in [-0.2, -0.15) is 0 Å². The van der Waals surface area contributed by atoms with Crippen LogP contribution in [0, 0.1) is 0 Å². The molecule has 10 nitrogen and oxygen atoms in total. The van der Waals surface area contributed by atoms with E-state index in [4.69, 9.17) is 9.47 Å². The van der Waals surface area contributed by atoms with Crippen molar-refractivity contribution in [3.63, 3.8) is 0 Å². The summed E-state index contributed by atoms with van der Waals surface area (Å²) in [6, 6.07) is -0.981. The molecule has 0 spiro atoms. The first-order valence-corrected chi connectivity index (χ1v) is 18.8. The third-order valence-corrected chi connectivity index (χ3v) is 9.30. The van der Waals surface area contributed by atoms with Gasteiger partial charge in [-0.15, -0.1) is 0 Å². The summed E-state index contributed by atoms with van der Waals surface area (Å²) in [4.78, 5) is 12.8. The van der Waals surface area contributed by atoms with Gasteiger partial charge in [0, 0.05) is 6.42 Å². The molecule has 0 saturated carbocycles. The van der Waals surface area contributed by atoms with Gasteiger partial charge >= 0.3 is 0 Å². The minimum atomic E-state index is -1.60. The maximum Gasteiger partial charge on any atom is 0.220 e. The Bertz CT molecular complexity index is 713. The molecule has 0 bridgehead atoms. The van der Waals surface area contributed by atoms with Crippen LogP contribution in [0.5, 0.6) is 0 Å².